The van der Waals surface area contributed by atoms with Gasteiger partial charge in [0.05, 0.1) is 5.69 Å². The quantitative estimate of drug-likeness (QED) is 0.420. The standard InChI is InChI=1S/C20H15N/c1-2-21-12-6-11-20(21)18-10-5-9-17-13-15-7-3-4-8-16(15)14-19(17)18/h2-14H,1H2. The predicted octanol–water partition coefficient (Wildman–Crippen LogP) is 5.56. The Morgan fingerprint density at radius 2 is 1.52 bits per heavy atom. The van der Waals surface area contributed by atoms with Crippen molar-refractivity contribution in [2.75, 3.05) is 0 Å². The van der Waals surface area contributed by atoms with Crippen LogP contribution in [0.5, 0.6) is 0 Å². The smallest absolute Gasteiger partial charge is 0.0528 e. The van der Waals surface area contributed by atoms with Gasteiger partial charge in [-0.05, 0) is 45.8 Å². The molecule has 21 heavy (non-hydrogen) atoms. The minimum Gasteiger partial charge on any atom is -0.324 e. The highest BCUT2D eigenvalue weighted by molar-refractivity contribution is 6.04. The molecule has 4 rings (SSSR count). The Balaban J connectivity index is 2.10. The Bertz CT molecular complexity index is 960. The SMILES string of the molecule is C=Cn1cccc1-c1cccc2cc3ccccc3cc12. The molecule has 1 heterocycles. The molecule has 0 aliphatic rings. The zero-order valence-electron chi connectivity index (χ0n) is 11.7. The summed E-state index contributed by atoms with van der Waals surface area (Å²) in [5.41, 5.74) is 2.41. The van der Waals surface area contributed by atoms with Crippen molar-refractivity contribution >= 4 is 27.7 Å². The van der Waals surface area contributed by atoms with Crippen LogP contribution in [0.2, 0.25) is 0 Å². The maximum Gasteiger partial charge on any atom is 0.0528 e. The fourth-order valence-electron chi connectivity index (χ4n) is 2.97. The zero-order valence-corrected chi connectivity index (χ0v) is 11.7. The lowest BCUT2D eigenvalue weighted by Crippen LogP contribution is -1.89. The first-order valence-corrected chi connectivity index (χ1v) is 7.08. The van der Waals surface area contributed by atoms with Crippen LogP contribution in [-0.2, 0) is 0 Å². The van der Waals surface area contributed by atoms with Gasteiger partial charge in [0.2, 0.25) is 0 Å². The molecule has 0 aliphatic carbocycles. The Hall–Kier alpha value is -2.80. The number of hydrogen-bond acceptors (Lipinski definition) is 0. The molecule has 0 N–H and O–H groups in total. The van der Waals surface area contributed by atoms with Crippen molar-refractivity contribution in [1.29, 1.82) is 0 Å². The summed E-state index contributed by atoms with van der Waals surface area (Å²) in [7, 11) is 0. The van der Waals surface area contributed by atoms with Crippen LogP contribution in [0.3, 0.4) is 0 Å². The van der Waals surface area contributed by atoms with E-state index < -0.39 is 0 Å². The van der Waals surface area contributed by atoms with Gasteiger partial charge < -0.3 is 4.57 Å². The second-order valence-corrected chi connectivity index (χ2v) is 5.21. The molecule has 0 atom stereocenters. The molecule has 1 heteroatoms. The molecular weight excluding hydrogens is 254 g/mol. The molecule has 0 aliphatic heterocycles. The van der Waals surface area contributed by atoms with Crippen molar-refractivity contribution in [3.63, 3.8) is 0 Å². The second-order valence-electron chi connectivity index (χ2n) is 5.21. The van der Waals surface area contributed by atoms with Crippen LogP contribution < -0.4 is 0 Å². The summed E-state index contributed by atoms with van der Waals surface area (Å²) in [5, 5.41) is 5.09. The molecule has 0 amide bonds. The molecule has 1 aromatic heterocycles. The molecule has 0 radical (unpaired) electrons. The van der Waals surface area contributed by atoms with Gasteiger partial charge in [-0.2, -0.15) is 0 Å². The van der Waals surface area contributed by atoms with Gasteiger partial charge in [0.25, 0.3) is 0 Å². The number of fused-ring (bicyclic) bond motifs is 2. The van der Waals surface area contributed by atoms with Crippen molar-refractivity contribution in [3.8, 4) is 11.3 Å². The van der Waals surface area contributed by atoms with E-state index in [0.29, 0.717) is 0 Å². The van der Waals surface area contributed by atoms with E-state index in [1.165, 1.54) is 32.8 Å². The first-order chi connectivity index (χ1) is 10.4. The lowest BCUT2D eigenvalue weighted by Gasteiger charge is -2.10. The maximum absolute atomic E-state index is 3.88. The van der Waals surface area contributed by atoms with Crippen LogP contribution >= 0.6 is 0 Å². The first-order valence-electron chi connectivity index (χ1n) is 7.08. The lowest BCUT2D eigenvalue weighted by atomic mass is 9.98. The molecule has 1 nitrogen and oxygen atoms in total. The van der Waals surface area contributed by atoms with Crippen molar-refractivity contribution in [3.05, 3.63) is 79.5 Å². The van der Waals surface area contributed by atoms with Gasteiger partial charge in [0, 0.05) is 18.0 Å². The molecule has 0 spiro atoms. The van der Waals surface area contributed by atoms with Gasteiger partial charge in [-0.3, -0.25) is 0 Å². The van der Waals surface area contributed by atoms with Gasteiger partial charge in [-0.15, -0.1) is 0 Å². The van der Waals surface area contributed by atoms with Gasteiger partial charge in [-0.25, -0.2) is 0 Å². The van der Waals surface area contributed by atoms with E-state index in [0.717, 1.165) is 0 Å². The van der Waals surface area contributed by atoms with Crippen LogP contribution in [-0.4, -0.2) is 4.57 Å². The lowest BCUT2D eigenvalue weighted by molar-refractivity contribution is 1.18. The second kappa shape index (κ2) is 4.64. The van der Waals surface area contributed by atoms with E-state index in [9.17, 15) is 0 Å². The van der Waals surface area contributed by atoms with Crippen LogP contribution in [0.25, 0.3) is 39.0 Å². The summed E-state index contributed by atoms with van der Waals surface area (Å²) >= 11 is 0. The Labute approximate surface area is 123 Å². The first kappa shape index (κ1) is 12.0. The van der Waals surface area contributed by atoms with Gasteiger partial charge >= 0.3 is 0 Å². The molecule has 4 aromatic rings. The predicted molar refractivity (Wildman–Crippen MR) is 91.3 cm³/mol. The van der Waals surface area contributed by atoms with E-state index in [1.807, 2.05) is 12.4 Å². The minimum atomic E-state index is 1.17. The normalized spacial score (nSPS) is 11.0. The Kier molecular flexibility index (Phi) is 2.65. The highest BCUT2D eigenvalue weighted by atomic mass is 14.9. The summed E-state index contributed by atoms with van der Waals surface area (Å²) in [5.74, 6) is 0. The Morgan fingerprint density at radius 1 is 0.762 bits per heavy atom. The molecular formula is C20H15N. The molecule has 0 bridgehead atoms. The zero-order chi connectivity index (χ0) is 14.2. The fraction of sp³-hybridized carbons (Fsp3) is 0. The third-order valence-electron chi connectivity index (χ3n) is 4.00. The van der Waals surface area contributed by atoms with Crippen LogP contribution in [0.15, 0.2) is 79.5 Å². The van der Waals surface area contributed by atoms with E-state index in [2.05, 4.69) is 77.9 Å². The van der Waals surface area contributed by atoms with Crippen LogP contribution in [0, 0.1) is 0 Å². The number of benzene rings is 3. The van der Waals surface area contributed by atoms with Gasteiger partial charge in [0.15, 0.2) is 0 Å². The number of nitrogens with zero attached hydrogens (tertiary/aromatic N) is 1. The van der Waals surface area contributed by atoms with E-state index in [1.54, 1.807) is 0 Å². The largest absolute Gasteiger partial charge is 0.324 e. The molecule has 0 saturated carbocycles. The van der Waals surface area contributed by atoms with Crippen LogP contribution in [0.4, 0.5) is 0 Å². The molecule has 0 fully saturated rings. The average molecular weight is 269 g/mol. The summed E-state index contributed by atoms with van der Waals surface area (Å²) in [6.07, 6.45) is 3.87. The summed E-state index contributed by atoms with van der Waals surface area (Å²) in [4.78, 5) is 0. The average Bonchev–Trinajstić information content (AvgIpc) is 3.00. The highest BCUT2D eigenvalue weighted by Crippen LogP contribution is 2.32. The summed E-state index contributed by atoms with van der Waals surface area (Å²) in [6.45, 7) is 3.88. The molecule has 0 saturated heterocycles. The molecule has 100 valence electrons. The minimum absolute atomic E-state index is 1.17. The Morgan fingerprint density at radius 3 is 2.33 bits per heavy atom. The topological polar surface area (TPSA) is 4.93 Å². The van der Waals surface area contributed by atoms with E-state index in [4.69, 9.17) is 0 Å². The monoisotopic (exact) mass is 269 g/mol. The van der Waals surface area contributed by atoms with Crippen LogP contribution in [0.1, 0.15) is 0 Å². The number of rotatable bonds is 2. The number of aromatic nitrogens is 1. The maximum atomic E-state index is 3.88. The van der Waals surface area contributed by atoms with Crippen molar-refractivity contribution in [1.82, 2.24) is 4.57 Å². The van der Waals surface area contributed by atoms with Crippen molar-refractivity contribution < 1.29 is 0 Å². The van der Waals surface area contributed by atoms with Gasteiger partial charge in [0.1, 0.15) is 0 Å². The van der Waals surface area contributed by atoms with Crippen molar-refractivity contribution in [2.45, 2.75) is 0 Å². The number of hydrogen-bond donors (Lipinski definition) is 0. The highest BCUT2D eigenvalue weighted by Gasteiger charge is 2.07. The van der Waals surface area contributed by atoms with E-state index in [-0.39, 0.29) is 0 Å². The third kappa shape index (κ3) is 1.86. The van der Waals surface area contributed by atoms with Gasteiger partial charge in [-0.1, -0.05) is 49.0 Å². The molecule has 0 unspecified atom stereocenters. The van der Waals surface area contributed by atoms with E-state index >= 15 is 0 Å². The molecule has 3 aromatic carbocycles. The summed E-state index contributed by atoms with van der Waals surface area (Å²) < 4.78 is 2.06. The summed E-state index contributed by atoms with van der Waals surface area (Å²) in [6, 6.07) is 23.7. The third-order valence-corrected chi connectivity index (χ3v) is 4.00. The van der Waals surface area contributed by atoms with Crippen molar-refractivity contribution in [2.24, 2.45) is 0 Å². The fourth-order valence-corrected chi connectivity index (χ4v) is 2.97.